The lowest BCUT2D eigenvalue weighted by atomic mass is 9.80. The smallest absolute Gasteiger partial charge is 0.0810 e. The zero-order valence-electron chi connectivity index (χ0n) is 11.7. The van der Waals surface area contributed by atoms with Crippen LogP contribution in [0.3, 0.4) is 0 Å². The quantitative estimate of drug-likeness (QED) is 0.819. The van der Waals surface area contributed by atoms with Crippen LogP contribution in [0, 0.1) is 17.8 Å². The minimum Gasteiger partial charge on any atom is -0.370 e. The van der Waals surface area contributed by atoms with Gasteiger partial charge in [-0.2, -0.15) is 0 Å². The number of rotatable bonds is 3. The highest BCUT2D eigenvalue weighted by atomic mass is 16.5. The number of hydrogen-bond donors (Lipinski definition) is 1. The molecule has 2 N–H and O–H groups in total. The summed E-state index contributed by atoms with van der Waals surface area (Å²) < 4.78 is 6.45. The fourth-order valence-electron chi connectivity index (χ4n) is 3.65. The van der Waals surface area contributed by atoms with Crippen molar-refractivity contribution in [3.8, 4) is 0 Å². The number of nitrogens with two attached hydrogens (primary N) is 1. The lowest BCUT2D eigenvalue weighted by molar-refractivity contribution is -0.109. The summed E-state index contributed by atoms with van der Waals surface area (Å²) in [6, 6.07) is 0. The Balaban J connectivity index is 1.91. The van der Waals surface area contributed by atoms with Crippen molar-refractivity contribution in [3.63, 3.8) is 0 Å². The molecule has 0 aromatic rings. The van der Waals surface area contributed by atoms with Crippen LogP contribution in [0.25, 0.3) is 0 Å². The van der Waals surface area contributed by atoms with Crippen molar-refractivity contribution in [3.05, 3.63) is 0 Å². The largest absolute Gasteiger partial charge is 0.370 e. The van der Waals surface area contributed by atoms with E-state index in [1.807, 2.05) is 0 Å². The number of hydrogen-bond acceptors (Lipinski definition) is 2. The Kier molecular flexibility index (Phi) is 4.14. The van der Waals surface area contributed by atoms with Gasteiger partial charge in [0.2, 0.25) is 0 Å². The van der Waals surface area contributed by atoms with Crippen LogP contribution in [-0.2, 0) is 4.74 Å². The third-order valence-electron chi connectivity index (χ3n) is 5.15. The van der Waals surface area contributed by atoms with Crippen LogP contribution in [0.4, 0.5) is 0 Å². The summed E-state index contributed by atoms with van der Waals surface area (Å²) in [5, 5.41) is 0. The van der Waals surface area contributed by atoms with Gasteiger partial charge in [0.15, 0.2) is 0 Å². The van der Waals surface area contributed by atoms with E-state index in [0.717, 1.165) is 17.8 Å². The molecule has 0 saturated heterocycles. The Labute approximate surface area is 106 Å². The van der Waals surface area contributed by atoms with Gasteiger partial charge in [-0.05, 0) is 56.3 Å². The second-order valence-electron chi connectivity index (χ2n) is 6.74. The monoisotopic (exact) mass is 239 g/mol. The van der Waals surface area contributed by atoms with Gasteiger partial charge in [0.25, 0.3) is 0 Å². The van der Waals surface area contributed by atoms with E-state index in [2.05, 4.69) is 20.8 Å². The minimum atomic E-state index is 0.0182. The molecule has 17 heavy (non-hydrogen) atoms. The summed E-state index contributed by atoms with van der Waals surface area (Å²) in [5.41, 5.74) is 6.00. The molecular formula is C15H29NO. The molecule has 0 aromatic carbocycles. The molecule has 5 atom stereocenters. The maximum atomic E-state index is 6.45. The van der Waals surface area contributed by atoms with Crippen LogP contribution in [0.15, 0.2) is 0 Å². The Morgan fingerprint density at radius 2 is 1.88 bits per heavy atom. The van der Waals surface area contributed by atoms with Crippen LogP contribution in [-0.4, -0.2) is 18.2 Å². The van der Waals surface area contributed by atoms with Crippen molar-refractivity contribution in [2.24, 2.45) is 23.5 Å². The number of ether oxygens (including phenoxy) is 1. The molecule has 5 unspecified atom stereocenters. The Morgan fingerprint density at radius 3 is 2.41 bits per heavy atom. The topological polar surface area (TPSA) is 35.2 Å². The summed E-state index contributed by atoms with van der Waals surface area (Å²) in [6.07, 6.45) is 7.89. The second kappa shape index (κ2) is 5.27. The average Bonchev–Trinajstić information content (AvgIpc) is 2.66. The Bertz CT molecular complexity index is 255. The first-order valence-corrected chi connectivity index (χ1v) is 7.42. The van der Waals surface area contributed by atoms with E-state index in [-0.39, 0.29) is 5.60 Å². The Morgan fingerprint density at radius 1 is 1.12 bits per heavy atom. The molecule has 2 rings (SSSR count). The van der Waals surface area contributed by atoms with Gasteiger partial charge in [-0.15, -0.1) is 0 Å². The molecule has 0 aliphatic heterocycles. The standard InChI is InChI=1S/C15H29NO/c1-11-6-7-15(9-11,10-16)17-14-5-4-12(2)13(3)8-14/h11-14H,4-10,16H2,1-3H3. The maximum Gasteiger partial charge on any atom is 0.0810 e. The summed E-state index contributed by atoms with van der Waals surface area (Å²) in [4.78, 5) is 0. The van der Waals surface area contributed by atoms with Gasteiger partial charge in [-0.1, -0.05) is 20.8 Å². The molecule has 0 bridgehead atoms. The van der Waals surface area contributed by atoms with Crippen LogP contribution in [0.2, 0.25) is 0 Å². The first-order chi connectivity index (χ1) is 8.04. The fraction of sp³-hybridized carbons (Fsp3) is 1.00. The van der Waals surface area contributed by atoms with Gasteiger partial charge in [-0.25, -0.2) is 0 Å². The van der Waals surface area contributed by atoms with Gasteiger partial charge in [0.1, 0.15) is 0 Å². The van der Waals surface area contributed by atoms with Crippen molar-refractivity contribution in [2.45, 2.75) is 71.0 Å². The fourth-order valence-corrected chi connectivity index (χ4v) is 3.65. The average molecular weight is 239 g/mol. The molecule has 100 valence electrons. The van der Waals surface area contributed by atoms with E-state index in [0.29, 0.717) is 12.6 Å². The molecule has 0 aromatic heterocycles. The van der Waals surface area contributed by atoms with Crippen LogP contribution in [0.5, 0.6) is 0 Å². The van der Waals surface area contributed by atoms with Gasteiger partial charge in [-0.3, -0.25) is 0 Å². The highest BCUT2D eigenvalue weighted by Crippen LogP contribution is 2.40. The first kappa shape index (κ1) is 13.4. The molecule has 2 aliphatic rings. The summed E-state index contributed by atoms with van der Waals surface area (Å²) in [6.45, 7) is 7.77. The predicted molar refractivity (Wildman–Crippen MR) is 71.9 cm³/mol. The van der Waals surface area contributed by atoms with Crippen molar-refractivity contribution in [1.82, 2.24) is 0 Å². The van der Waals surface area contributed by atoms with Crippen molar-refractivity contribution >= 4 is 0 Å². The molecule has 0 amide bonds. The molecule has 2 nitrogen and oxygen atoms in total. The van der Waals surface area contributed by atoms with Crippen molar-refractivity contribution in [2.75, 3.05) is 6.54 Å². The highest BCUT2D eigenvalue weighted by molar-refractivity contribution is 4.92. The van der Waals surface area contributed by atoms with Gasteiger partial charge in [0, 0.05) is 6.54 Å². The summed E-state index contributed by atoms with van der Waals surface area (Å²) in [7, 11) is 0. The highest BCUT2D eigenvalue weighted by Gasteiger charge is 2.40. The molecule has 0 spiro atoms. The molecule has 2 aliphatic carbocycles. The van der Waals surface area contributed by atoms with Crippen molar-refractivity contribution in [1.29, 1.82) is 0 Å². The molecular weight excluding hydrogens is 210 g/mol. The van der Waals surface area contributed by atoms with E-state index in [4.69, 9.17) is 10.5 Å². The van der Waals surface area contributed by atoms with E-state index in [1.54, 1.807) is 0 Å². The molecule has 0 radical (unpaired) electrons. The molecule has 2 fully saturated rings. The third kappa shape index (κ3) is 3.03. The molecule has 2 heteroatoms. The van der Waals surface area contributed by atoms with Gasteiger partial charge in [0.05, 0.1) is 11.7 Å². The lowest BCUT2D eigenvalue weighted by Gasteiger charge is -2.38. The summed E-state index contributed by atoms with van der Waals surface area (Å²) >= 11 is 0. The normalized spacial score (nSPS) is 47.3. The second-order valence-corrected chi connectivity index (χ2v) is 6.74. The molecule has 2 saturated carbocycles. The van der Waals surface area contributed by atoms with E-state index in [9.17, 15) is 0 Å². The zero-order chi connectivity index (χ0) is 12.5. The first-order valence-electron chi connectivity index (χ1n) is 7.42. The van der Waals surface area contributed by atoms with Crippen LogP contribution < -0.4 is 5.73 Å². The predicted octanol–water partition coefficient (Wildman–Crippen LogP) is 3.35. The SMILES string of the molecule is CC1CCC(CN)(OC2CCC(C)C(C)C2)C1. The maximum absolute atomic E-state index is 6.45. The lowest BCUT2D eigenvalue weighted by Crippen LogP contribution is -2.43. The van der Waals surface area contributed by atoms with Gasteiger partial charge < -0.3 is 10.5 Å². The van der Waals surface area contributed by atoms with E-state index in [1.165, 1.54) is 38.5 Å². The summed E-state index contributed by atoms with van der Waals surface area (Å²) in [5.74, 6) is 2.46. The van der Waals surface area contributed by atoms with Crippen LogP contribution >= 0.6 is 0 Å². The molecule has 0 heterocycles. The third-order valence-corrected chi connectivity index (χ3v) is 5.15. The van der Waals surface area contributed by atoms with Gasteiger partial charge >= 0.3 is 0 Å². The Hall–Kier alpha value is -0.0800. The minimum absolute atomic E-state index is 0.0182. The van der Waals surface area contributed by atoms with Crippen LogP contribution in [0.1, 0.15) is 59.3 Å². The van der Waals surface area contributed by atoms with Crippen molar-refractivity contribution < 1.29 is 4.74 Å². The van der Waals surface area contributed by atoms with E-state index >= 15 is 0 Å². The van der Waals surface area contributed by atoms with E-state index < -0.39 is 0 Å². The zero-order valence-corrected chi connectivity index (χ0v) is 11.7.